The minimum atomic E-state index is -1.09. The molecule has 9 heteroatoms. The van der Waals surface area contributed by atoms with Crippen molar-refractivity contribution in [1.82, 2.24) is 14.1 Å². The number of hydrogen-bond acceptors (Lipinski definition) is 5. The molecule has 0 saturated carbocycles. The van der Waals surface area contributed by atoms with Gasteiger partial charge in [0.15, 0.2) is 0 Å². The molecule has 174 valence electrons. The lowest BCUT2D eigenvalue weighted by molar-refractivity contribution is -0.141. The molecule has 0 unspecified atom stereocenters. The van der Waals surface area contributed by atoms with E-state index in [4.69, 9.17) is 4.74 Å². The number of aryl methyl sites for hydroxylation is 1. The Morgan fingerprint density at radius 2 is 1.67 bits per heavy atom. The lowest BCUT2D eigenvalue weighted by Crippen LogP contribution is -2.51. The molecule has 0 radical (unpaired) electrons. The maximum absolute atomic E-state index is 13.2. The Bertz CT molecular complexity index is 1300. The summed E-state index contributed by atoms with van der Waals surface area (Å²) in [4.78, 5) is 44.3. The molecule has 0 spiro atoms. The maximum atomic E-state index is 13.2. The van der Waals surface area contributed by atoms with Crippen LogP contribution < -0.4 is 21.7 Å². The lowest BCUT2D eigenvalue weighted by Gasteiger charge is -2.13. The van der Waals surface area contributed by atoms with Crippen molar-refractivity contribution in [3.63, 3.8) is 0 Å². The highest BCUT2D eigenvalue weighted by Gasteiger charge is 2.17. The SMILES string of the molecule is Cc1ccc(Cn2c(=O)n(C[C@@H](C)C(=O)O)c(=O)[nH]/c2=N\c2ccc(OC(C)C)cc2)cc1. The van der Waals surface area contributed by atoms with Crippen molar-refractivity contribution < 1.29 is 14.6 Å². The van der Waals surface area contributed by atoms with E-state index in [0.29, 0.717) is 11.4 Å². The number of aliphatic carboxylic acids is 1. The third-order valence-corrected chi connectivity index (χ3v) is 4.96. The Hall–Kier alpha value is -3.88. The van der Waals surface area contributed by atoms with Crippen LogP contribution in [0.2, 0.25) is 0 Å². The zero-order valence-corrected chi connectivity index (χ0v) is 19.1. The lowest BCUT2D eigenvalue weighted by atomic mass is 10.1. The molecule has 1 atom stereocenters. The highest BCUT2D eigenvalue weighted by Crippen LogP contribution is 2.18. The number of ether oxygens (including phenoxy) is 1. The van der Waals surface area contributed by atoms with Crippen LogP contribution in [0, 0.1) is 12.8 Å². The molecule has 1 heterocycles. The summed E-state index contributed by atoms with van der Waals surface area (Å²) in [6.45, 7) is 7.17. The molecule has 1 aromatic heterocycles. The first-order valence-corrected chi connectivity index (χ1v) is 10.7. The molecule has 0 fully saturated rings. The smallest absolute Gasteiger partial charge is 0.335 e. The summed E-state index contributed by atoms with van der Waals surface area (Å²) in [6.07, 6.45) is 0.0293. The number of nitrogens with zero attached hydrogens (tertiary/aromatic N) is 3. The summed E-state index contributed by atoms with van der Waals surface area (Å²) in [7, 11) is 0. The zero-order chi connectivity index (χ0) is 24.1. The predicted molar refractivity (Wildman–Crippen MR) is 124 cm³/mol. The Labute approximate surface area is 190 Å². The van der Waals surface area contributed by atoms with Crippen LogP contribution >= 0.6 is 0 Å². The van der Waals surface area contributed by atoms with Gasteiger partial charge in [-0.2, -0.15) is 0 Å². The molecule has 33 heavy (non-hydrogen) atoms. The van der Waals surface area contributed by atoms with Crippen molar-refractivity contribution in [2.24, 2.45) is 10.9 Å². The van der Waals surface area contributed by atoms with Crippen LogP contribution in [0.15, 0.2) is 63.1 Å². The van der Waals surface area contributed by atoms with Crippen LogP contribution in [-0.2, 0) is 17.9 Å². The summed E-state index contributed by atoms with van der Waals surface area (Å²) >= 11 is 0. The summed E-state index contributed by atoms with van der Waals surface area (Å²) in [5.74, 6) is -1.32. The van der Waals surface area contributed by atoms with Crippen LogP contribution in [-0.4, -0.2) is 31.3 Å². The van der Waals surface area contributed by atoms with Crippen molar-refractivity contribution in [2.75, 3.05) is 0 Å². The molecular formula is C24H28N4O5. The Balaban J connectivity index is 2.12. The fraction of sp³-hybridized carbons (Fsp3) is 0.333. The molecular weight excluding hydrogens is 424 g/mol. The van der Waals surface area contributed by atoms with E-state index in [1.165, 1.54) is 11.5 Å². The second kappa shape index (κ2) is 10.2. The average Bonchev–Trinajstić information content (AvgIpc) is 2.76. The number of benzene rings is 2. The first-order chi connectivity index (χ1) is 15.6. The molecule has 0 aliphatic carbocycles. The highest BCUT2D eigenvalue weighted by atomic mass is 16.5. The fourth-order valence-electron chi connectivity index (χ4n) is 3.17. The van der Waals surface area contributed by atoms with Crippen LogP contribution in [0.3, 0.4) is 0 Å². The zero-order valence-electron chi connectivity index (χ0n) is 19.1. The Morgan fingerprint density at radius 1 is 1.03 bits per heavy atom. The van der Waals surface area contributed by atoms with Gasteiger partial charge in [-0.15, -0.1) is 0 Å². The van der Waals surface area contributed by atoms with E-state index in [0.717, 1.165) is 15.7 Å². The van der Waals surface area contributed by atoms with Gasteiger partial charge < -0.3 is 9.84 Å². The molecule has 3 rings (SSSR count). The van der Waals surface area contributed by atoms with E-state index in [1.54, 1.807) is 24.3 Å². The fourth-order valence-corrected chi connectivity index (χ4v) is 3.17. The summed E-state index contributed by atoms with van der Waals surface area (Å²) < 4.78 is 7.86. The summed E-state index contributed by atoms with van der Waals surface area (Å²) in [6, 6.07) is 14.6. The topological polar surface area (TPSA) is 119 Å². The number of rotatable bonds is 8. The van der Waals surface area contributed by atoms with Crippen molar-refractivity contribution in [1.29, 1.82) is 0 Å². The van der Waals surface area contributed by atoms with Crippen LogP contribution in [0.1, 0.15) is 31.9 Å². The van der Waals surface area contributed by atoms with Gasteiger partial charge in [-0.1, -0.05) is 36.8 Å². The van der Waals surface area contributed by atoms with Gasteiger partial charge in [-0.3, -0.25) is 14.3 Å². The molecule has 9 nitrogen and oxygen atoms in total. The number of hydrogen-bond donors (Lipinski definition) is 2. The molecule has 0 amide bonds. The second-order valence-corrected chi connectivity index (χ2v) is 8.23. The third-order valence-electron chi connectivity index (χ3n) is 4.96. The molecule has 0 bridgehead atoms. The minimum Gasteiger partial charge on any atom is -0.491 e. The first-order valence-electron chi connectivity index (χ1n) is 10.7. The van der Waals surface area contributed by atoms with Gasteiger partial charge in [0.25, 0.3) is 0 Å². The highest BCUT2D eigenvalue weighted by molar-refractivity contribution is 5.69. The van der Waals surface area contributed by atoms with Crippen molar-refractivity contribution >= 4 is 11.7 Å². The van der Waals surface area contributed by atoms with Crippen LogP contribution in [0.5, 0.6) is 5.75 Å². The molecule has 0 saturated heterocycles. The normalized spacial score (nSPS) is 12.7. The number of H-pyrrole nitrogens is 1. The van der Waals surface area contributed by atoms with E-state index in [2.05, 4.69) is 9.98 Å². The van der Waals surface area contributed by atoms with Gasteiger partial charge in [0.2, 0.25) is 5.62 Å². The molecule has 2 N–H and O–H groups in total. The maximum Gasteiger partial charge on any atom is 0.335 e. The largest absolute Gasteiger partial charge is 0.491 e. The molecule has 0 aliphatic rings. The average molecular weight is 453 g/mol. The van der Waals surface area contributed by atoms with E-state index >= 15 is 0 Å². The summed E-state index contributed by atoms with van der Waals surface area (Å²) in [5.41, 5.74) is 1.16. The van der Waals surface area contributed by atoms with Gasteiger partial charge in [0, 0.05) is 6.54 Å². The van der Waals surface area contributed by atoms with Crippen LogP contribution in [0.4, 0.5) is 5.69 Å². The van der Waals surface area contributed by atoms with Gasteiger partial charge in [-0.25, -0.2) is 19.1 Å². The van der Waals surface area contributed by atoms with Gasteiger partial charge in [-0.05, 0) is 50.6 Å². The quantitative estimate of drug-likeness (QED) is 0.544. The van der Waals surface area contributed by atoms with E-state index in [9.17, 15) is 19.5 Å². The van der Waals surface area contributed by atoms with Crippen molar-refractivity contribution in [2.45, 2.75) is 46.9 Å². The van der Waals surface area contributed by atoms with Crippen molar-refractivity contribution in [3.8, 4) is 5.75 Å². The predicted octanol–water partition coefficient (Wildman–Crippen LogP) is 2.44. The third kappa shape index (κ3) is 6.09. The van der Waals surface area contributed by atoms with E-state index < -0.39 is 23.3 Å². The standard InChI is InChI=1S/C24H28N4O5/c1-15(2)33-20-11-9-19(10-12-20)25-22-26-23(31)28(13-17(4)21(29)30)24(32)27(22)14-18-7-5-16(3)6-8-18/h5-12,15,17H,13-14H2,1-4H3,(H,29,30)(H,25,26,31)/t17-/m1/s1. The molecule has 0 aliphatic heterocycles. The Kier molecular flexibility index (Phi) is 7.32. The van der Waals surface area contributed by atoms with Gasteiger partial charge >= 0.3 is 17.3 Å². The second-order valence-electron chi connectivity index (χ2n) is 8.23. The van der Waals surface area contributed by atoms with Crippen molar-refractivity contribution in [3.05, 3.63) is 86.2 Å². The van der Waals surface area contributed by atoms with Gasteiger partial charge in [0.05, 0.1) is 24.3 Å². The number of aromatic nitrogens is 3. The van der Waals surface area contributed by atoms with Gasteiger partial charge in [0.1, 0.15) is 5.75 Å². The Morgan fingerprint density at radius 3 is 2.24 bits per heavy atom. The first kappa shape index (κ1) is 23.8. The monoisotopic (exact) mass is 452 g/mol. The van der Waals surface area contributed by atoms with Crippen LogP contribution in [0.25, 0.3) is 0 Å². The number of carboxylic acids is 1. The van der Waals surface area contributed by atoms with E-state index in [-0.39, 0.29) is 24.8 Å². The number of nitrogens with one attached hydrogen (secondary N) is 1. The minimum absolute atomic E-state index is 0.0293. The van der Waals surface area contributed by atoms with E-state index in [1.807, 2.05) is 45.0 Å². The number of carbonyl (C=O) groups is 1. The number of aromatic amines is 1. The molecule has 3 aromatic rings. The molecule has 2 aromatic carbocycles. The summed E-state index contributed by atoms with van der Waals surface area (Å²) in [5, 5.41) is 9.22. The number of carboxylic acid groups (broad SMARTS) is 1.